The van der Waals surface area contributed by atoms with Crippen molar-refractivity contribution >= 4 is 33.5 Å². The van der Waals surface area contributed by atoms with Crippen molar-refractivity contribution in [3.05, 3.63) is 123 Å². The molecule has 0 aliphatic heterocycles. The molecule has 0 saturated heterocycles. The van der Waals surface area contributed by atoms with Crippen LogP contribution in [0, 0.1) is 10.1 Å². The number of rotatable bonds is 8. The zero-order chi connectivity index (χ0) is 23.0. The van der Waals surface area contributed by atoms with Crippen molar-refractivity contribution in [3.8, 4) is 17.2 Å². The van der Waals surface area contributed by atoms with Gasteiger partial charge in [-0.05, 0) is 72.3 Å². The molecule has 4 aromatic carbocycles. The largest absolute Gasteiger partial charge is 0.488 e. The molecule has 0 aromatic heterocycles. The summed E-state index contributed by atoms with van der Waals surface area (Å²) in [6, 6.07) is 29.0. The minimum atomic E-state index is -0.422. The molecular formula is C26H19BrN2O4. The number of nitro groups is 1. The van der Waals surface area contributed by atoms with E-state index in [1.165, 1.54) is 12.1 Å². The van der Waals surface area contributed by atoms with Crippen LogP contribution in [0.3, 0.4) is 0 Å². The summed E-state index contributed by atoms with van der Waals surface area (Å²) in [6.45, 7) is 0.284. The summed E-state index contributed by atoms with van der Waals surface area (Å²) in [7, 11) is 0. The van der Waals surface area contributed by atoms with E-state index in [2.05, 4.69) is 20.9 Å². The minimum Gasteiger partial charge on any atom is -0.488 e. The second-order valence-electron chi connectivity index (χ2n) is 7.06. The number of non-ortho nitro benzene ring substituents is 1. The SMILES string of the molecule is O=[N+]([O-])c1ccc(COc2ccc(Br)cc2C=Nc2ccc(Oc3ccccc3)cc2)cc1. The van der Waals surface area contributed by atoms with E-state index >= 15 is 0 Å². The lowest BCUT2D eigenvalue weighted by Crippen LogP contribution is -1.99. The number of aliphatic imine (C=N–C) groups is 1. The Hall–Kier alpha value is -3.97. The summed E-state index contributed by atoms with van der Waals surface area (Å²) in [5.74, 6) is 2.16. The molecule has 0 atom stereocenters. The Morgan fingerprint density at radius 2 is 1.58 bits per heavy atom. The Labute approximate surface area is 199 Å². The quantitative estimate of drug-likeness (QED) is 0.142. The van der Waals surface area contributed by atoms with Crippen molar-refractivity contribution in [2.75, 3.05) is 0 Å². The molecule has 6 nitrogen and oxygen atoms in total. The first-order chi connectivity index (χ1) is 16.1. The van der Waals surface area contributed by atoms with E-state index in [0.29, 0.717) is 5.75 Å². The average Bonchev–Trinajstić information content (AvgIpc) is 2.84. The van der Waals surface area contributed by atoms with Crippen LogP contribution in [0.25, 0.3) is 0 Å². The molecule has 4 rings (SSSR count). The molecule has 7 heteroatoms. The number of benzene rings is 4. The first-order valence-corrected chi connectivity index (χ1v) is 10.9. The summed E-state index contributed by atoms with van der Waals surface area (Å²) in [5.41, 5.74) is 2.46. The number of nitro benzene ring substituents is 1. The van der Waals surface area contributed by atoms with Crippen LogP contribution < -0.4 is 9.47 Å². The topological polar surface area (TPSA) is 74.0 Å². The van der Waals surface area contributed by atoms with Gasteiger partial charge in [0.05, 0.1) is 10.6 Å². The predicted molar refractivity (Wildman–Crippen MR) is 132 cm³/mol. The molecule has 33 heavy (non-hydrogen) atoms. The van der Waals surface area contributed by atoms with Crippen LogP contribution in [0.1, 0.15) is 11.1 Å². The van der Waals surface area contributed by atoms with Gasteiger partial charge in [0, 0.05) is 28.4 Å². The molecule has 164 valence electrons. The lowest BCUT2D eigenvalue weighted by Gasteiger charge is -2.10. The van der Waals surface area contributed by atoms with Crippen LogP contribution >= 0.6 is 15.9 Å². The molecule has 0 fully saturated rings. The Kier molecular flexibility index (Phi) is 7.12. The van der Waals surface area contributed by atoms with E-state index in [1.807, 2.05) is 72.8 Å². The highest BCUT2D eigenvalue weighted by Gasteiger charge is 2.07. The van der Waals surface area contributed by atoms with E-state index in [-0.39, 0.29) is 12.3 Å². The average molecular weight is 503 g/mol. The molecule has 4 aromatic rings. The fraction of sp³-hybridized carbons (Fsp3) is 0.0385. The fourth-order valence-electron chi connectivity index (χ4n) is 3.00. The molecule has 0 unspecified atom stereocenters. The van der Waals surface area contributed by atoms with Crippen molar-refractivity contribution in [1.82, 2.24) is 0 Å². The third-order valence-corrected chi connectivity index (χ3v) is 5.17. The lowest BCUT2D eigenvalue weighted by molar-refractivity contribution is -0.384. The third kappa shape index (κ3) is 6.27. The fourth-order valence-corrected chi connectivity index (χ4v) is 3.37. The number of halogens is 1. The summed E-state index contributed by atoms with van der Waals surface area (Å²) in [5, 5.41) is 10.8. The molecule has 0 aliphatic carbocycles. The second-order valence-corrected chi connectivity index (χ2v) is 7.98. The van der Waals surface area contributed by atoms with Crippen LogP contribution in [0.5, 0.6) is 17.2 Å². The zero-order valence-electron chi connectivity index (χ0n) is 17.4. The lowest BCUT2D eigenvalue weighted by atomic mass is 10.2. The summed E-state index contributed by atoms with van der Waals surface area (Å²) in [6.07, 6.45) is 1.74. The van der Waals surface area contributed by atoms with Crippen molar-refractivity contribution in [1.29, 1.82) is 0 Å². The van der Waals surface area contributed by atoms with Crippen molar-refractivity contribution in [2.24, 2.45) is 4.99 Å². The Balaban J connectivity index is 1.44. The van der Waals surface area contributed by atoms with Gasteiger partial charge in [0.25, 0.3) is 5.69 Å². The van der Waals surface area contributed by atoms with E-state index in [9.17, 15) is 10.1 Å². The normalized spacial score (nSPS) is 10.8. The maximum atomic E-state index is 10.8. The van der Waals surface area contributed by atoms with E-state index in [4.69, 9.17) is 9.47 Å². The first kappa shape index (κ1) is 22.2. The highest BCUT2D eigenvalue weighted by atomic mass is 79.9. The van der Waals surface area contributed by atoms with Gasteiger partial charge in [-0.25, -0.2) is 0 Å². The maximum absolute atomic E-state index is 10.8. The highest BCUT2D eigenvalue weighted by Crippen LogP contribution is 2.26. The van der Waals surface area contributed by atoms with Gasteiger partial charge in [0.1, 0.15) is 23.9 Å². The van der Waals surface area contributed by atoms with Crippen LogP contribution in [-0.4, -0.2) is 11.1 Å². The number of hydrogen-bond donors (Lipinski definition) is 0. The van der Waals surface area contributed by atoms with Crippen LogP contribution in [0.15, 0.2) is 107 Å². The molecule has 0 radical (unpaired) electrons. The monoisotopic (exact) mass is 502 g/mol. The van der Waals surface area contributed by atoms with Crippen LogP contribution in [0.4, 0.5) is 11.4 Å². The highest BCUT2D eigenvalue weighted by molar-refractivity contribution is 9.10. The van der Waals surface area contributed by atoms with E-state index in [0.717, 1.165) is 32.8 Å². The summed E-state index contributed by atoms with van der Waals surface area (Å²) < 4.78 is 12.7. The van der Waals surface area contributed by atoms with Gasteiger partial charge < -0.3 is 9.47 Å². The molecule has 0 N–H and O–H groups in total. The molecule has 0 amide bonds. The van der Waals surface area contributed by atoms with Gasteiger partial charge in [-0.15, -0.1) is 0 Å². The molecule has 0 spiro atoms. The third-order valence-electron chi connectivity index (χ3n) is 4.68. The Morgan fingerprint density at radius 3 is 2.27 bits per heavy atom. The predicted octanol–water partition coefficient (Wildman–Crippen LogP) is 7.48. The van der Waals surface area contributed by atoms with Crippen LogP contribution in [-0.2, 0) is 6.61 Å². The Bertz CT molecular complexity index is 1260. The number of nitrogens with zero attached hydrogens (tertiary/aromatic N) is 2. The first-order valence-electron chi connectivity index (χ1n) is 10.1. The van der Waals surface area contributed by atoms with Gasteiger partial charge >= 0.3 is 0 Å². The zero-order valence-corrected chi connectivity index (χ0v) is 19.0. The van der Waals surface area contributed by atoms with Crippen molar-refractivity contribution in [3.63, 3.8) is 0 Å². The van der Waals surface area contributed by atoms with Crippen LogP contribution in [0.2, 0.25) is 0 Å². The standard InChI is InChI=1S/C26H19BrN2O4/c27-21-8-15-26(32-18-19-6-11-23(12-7-19)29(30)31)20(16-21)17-28-22-9-13-25(14-10-22)33-24-4-2-1-3-5-24/h1-17H,18H2. The van der Waals surface area contributed by atoms with Crippen molar-refractivity contribution in [2.45, 2.75) is 6.61 Å². The summed E-state index contributed by atoms with van der Waals surface area (Å²) in [4.78, 5) is 14.9. The van der Waals surface area contributed by atoms with Gasteiger partial charge in [0.15, 0.2) is 0 Å². The molecule has 0 aliphatic rings. The van der Waals surface area contributed by atoms with E-state index in [1.54, 1.807) is 18.3 Å². The summed E-state index contributed by atoms with van der Waals surface area (Å²) >= 11 is 3.48. The maximum Gasteiger partial charge on any atom is 0.269 e. The minimum absolute atomic E-state index is 0.0513. The van der Waals surface area contributed by atoms with Crippen molar-refractivity contribution < 1.29 is 14.4 Å². The number of hydrogen-bond acceptors (Lipinski definition) is 5. The molecule has 0 heterocycles. The molecule has 0 saturated carbocycles. The van der Waals surface area contributed by atoms with Gasteiger partial charge in [-0.3, -0.25) is 15.1 Å². The number of para-hydroxylation sites is 1. The smallest absolute Gasteiger partial charge is 0.269 e. The Morgan fingerprint density at radius 1 is 0.879 bits per heavy atom. The molecule has 0 bridgehead atoms. The van der Waals surface area contributed by atoms with Gasteiger partial charge in [0.2, 0.25) is 0 Å². The van der Waals surface area contributed by atoms with Gasteiger partial charge in [-0.2, -0.15) is 0 Å². The number of ether oxygens (including phenoxy) is 2. The van der Waals surface area contributed by atoms with E-state index < -0.39 is 4.92 Å². The molecular weight excluding hydrogens is 484 g/mol. The van der Waals surface area contributed by atoms with Gasteiger partial charge in [-0.1, -0.05) is 34.1 Å². The second kappa shape index (κ2) is 10.6.